The van der Waals surface area contributed by atoms with Gasteiger partial charge < -0.3 is 29.2 Å². The summed E-state index contributed by atoms with van der Waals surface area (Å²) in [5.41, 5.74) is 0.388. The number of fused-ring (bicyclic) bond motifs is 2. The topological polar surface area (TPSA) is 123 Å². The van der Waals surface area contributed by atoms with Crippen molar-refractivity contribution in [3.05, 3.63) is 68.6 Å². The maximum absolute atomic E-state index is 14.2. The number of amides is 2. The minimum atomic E-state index is -4.60. The first-order chi connectivity index (χ1) is 23.1. The zero-order valence-corrected chi connectivity index (χ0v) is 28.1. The zero-order valence-electron chi connectivity index (χ0n) is 27.4. The second-order valence-electron chi connectivity index (χ2n) is 12.8. The molecule has 16 heteroatoms. The van der Waals surface area contributed by atoms with Crippen LogP contribution in [0.25, 0.3) is 17.2 Å². The summed E-state index contributed by atoms with van der Waals surface area (Å²) in [7, 11) is 0. The Morgan fingerprint density at radius 1 is 1.06 bits per heavy atom. The molecule has 2 amide bonds. The molecule has 1 N–H and O–H groups in total. The lowest BCUT2D eigenvalue weighted by Crippen LogP contribution is -2.51. The fourth-order valence-electron chi connectivity index (χ4n) is 5.94. The van der Waals surface area contributed by atoms with Crippen molar-refractivity contribution in [3.63, 3.8) is 0 Å². The molecule has 2 aliphatic rings. The highest BCUT2D eigenvalue weighted by Crippen LogP contribution is 2.34. The SMILES string of the molecule is CCc1c(N2CCN(C(=O)OC(C)(C)C)CC2)c(=O)n2nc(-c3ccc4c(c3)CCO4)nc2n1CC(=O)Nc1ccc(C(F)(F)F)cc1Cl. The average molecular weight is 702 g/mol. The quantitative estimate of drug-likeness (QED) is 0.283. The molecule has 49 heavy (non-hydrogen) atoms. The van der Waals surface area contributed by atoms with Crippen molar-refractivity contribution < 1.29 is 32.2 Å². The molecule has 2 aliphatic heterocycles. The number of alkyl halides is 3. The fourth-order valence-corrected chi connectivity index (χ4v) is 6.17. The van der Waals surface area contributed by atoms with E-state index in [0.717, 1.165) is 40.4 Å². The second-order valence-corrected chi connectivity index (χ2v) is 13.2. The van der Waals surface area contributed by atoms with Crippen LogP contribution in [0.5, 0.6) is 5.75 Å². The zero-order chi connectivity index (χ0) is 35.2. The Morgan fingerprint density at radius 3 is 2.45 bits per heavy atom. The van der Waals surface area contributed by atoms with Gasteiger partial charge in [0, 0.05) is 38.2 Å². The molecule has 0 aliphatic carbocycles. The van der Waals surface area contributed by atoms with E-state index in [1.54, 1.807) is 36.3 Å². The van der Waals surface area contributed by atoms with Gasteiger partial charge in [-0.1, -0.05) is 18.5 Å². The van der Waals surface area contributed by atoms with Crippen molar-refractivity contribution in [3.8, 4) is 17.1 Å². The van der Waals surface area contributed by atoms with Crippen LogP contribution in [0, 0.1) is 0 Å². The second kappa shape index (κ2) is 12.9. The van der Waals surface area contributed by atoms with Gasteiger partial charge in [-0.25, -0.2) is 4.79 Å². The van der Waals surface area contributed by atoms with Crippen LogP contribution >= 0.6 is 11.6 Å². The van der Waals surface area contributed by atoms with Gasteiger partial charge in [0.1, 0.15) is 23.6 Å². The molecule has 1 saturated heterocycles. The molecule has 0 spiro atoms. The van der Waals surface area contributed by atoms with Gasteiger partial charge in [0.15, 0.2) is 5.82 Å². The predicted octanol–water partition coefficient (Wildman–Crippen LogP) is 5.42. The smallest absolute Gasteiger partial charge is 0.416 e. The molecule has 0 bridgehead atoms. The van der Waals surface area contributed by atoms with E-state index in [9.17, 15) is 27.6 Å². The van der Waals surface area contributed by atoms with Gasteiger partial charge in [0.25, 0.3) is 5.56 Å². The van der Waals surface area contributed by atoms with E-state index in [-0.39, 0.29) is 28.9 Å². The van der Waals surface area contributed by atoms with Crippen molar-refractivity contribution in [2.45, 2.75) is 58.9 Å². The van der Waals surface area contributed by atoms with E-state index < -0.39 is 34.9 Å². The molecule has 0 saturated carbocycles. The monoisotopic (exact) mass is 701 g/mol. The van der Waals surface area contributed by atoms with E-state index in [1.807, 2.05) is 24.0 Å². The first kappa shape index (κ1) is 34.1. The summed E-state index contributed by atoms with van der Waals surface area (Å²) in [5, 5.41) is 6.89. The Morgan fingerprint density at radius 2 is 1.80 bits per heavy atom. The highest BCUT2D eigenvalue weighted by molar-refractivity contribution is 6.33. The largest absolute Gasteiger partial charge is 0.493 e. The summed E-state index contributed by atoms with van der Waals surface area (Å²) in [6, 6.07) is 8.19. The lowest BCUT2D eigenvalue weighted by Gasteiger charge is -2.37. The highest BCUT2D eigenvalue weighted by Gasteiger charge is 2.32. The number of ether oxygens (including phenoxy) is 2. The van der Waals surface area contributed by atoms with Crippen LogP contribution in [0.1, 0.15) is 44.5 Å². The number of carbonyl (C=O) groups excluding carboxylic acids is 2. The Kier molecular flexibility index (Phi) is 8.98. The minimum absolute atomic E-state index is 0.00390. The van der Waals surface area contributed by atoms with E-state index in [0.29, 0.717) is 56.2 Å². The normalized spacial score (nSPS) is 14.9. The molecule has 2 aromatic carbocycles. The average Bonchev–Trinajstić information content (AvgIpc) is 3.70. The Hall–Kier alpha value is -4.79. The van der Waals surface area contributed by atoms with E-state index >= 15 is 0 Å². The summed E-state index contributed by atoms with van der Waals surface area (Å²) in [6.45, 7) is 8.62. The van der Waals surface area contributed by atoms with Crippen LogP contribution in [-0.2, 0) is 35.1 Å². The van der Waals surface area contributed by atoms with Gasteiger partial charge in [0.2, 0.25) is 11.7 Å². The van der Waals surface area contributed by atoms with E-state index in [1.165, 1.54) is 0 Å². The maximum atomic E-state index is 14.2. The van der Waals surface area contributed by atoms with Crippen molar-refractivity contribution >= 4 is 40.8 Å². The molecule has 0 atom stereocenters. The molecule has 1 fully saturated rings. The van der Waals surface area contributed by atoms with Crippen molar-refractivity contribution in [2.24, 2.45) is 0 Å². The lowest BCUT2D eigenvalue weighted by atomic mass is 10.1. The van der Waals surface area contributed by atoms with Crippen molar-refractivity contribution in [1.29, 1.82) is 0 Å². The summed E-state index contributed by atoms with van der Waals surface area (Å²) >= 11 is 6.12. The maximum Gasteiger partial charge on any atom is 0.416 e. The summed E-state index contributed by atoms with van der Waals surface area (Å²) in [5.74, 6) is 0.535. The number of piperazine rings is 1. The van der Waals surface area contributed by atoms with Crippen LogP contribution in [0.3, 0.4) is 0 Å². The highest BCUT2D eigenvalue weighted by atomic mass is 35.5. The Balaban J connectivity index is 1.38. The number of anilines is 2. The number of hydrogen-bond acceptors (Lipinski definition) is 8. The van der Waals surface area contributed by atoms with Crippen LogP contribution in [-0.4, -0.2) is 74.5 Å². The molecule has 0 unspecified atom stereocenters. The number of carbonyl (C=O) groups is 2. The van der Waals surface area contributed by atoms with Gasteiger partial charge in [-0.3, -0.25) is 9.59 Å². The molecule has 4 heterocycles. The third-order valence-corrected chi connectivity index (χ3v) is 8.54. The van der Waals surface area contributed by atoms with E-state index in [4.69, 9.17) is 26.1 Å². The standard InChI is InChI=1S/C33H35ClF3N7O5/c1-5-24-27(41-11-13-42(14-12-41)31(47)49-32(2,3)4)29(46)44-30(39-28(40-44)20-6-9-25-19(16-20)10-15-48-25)43(24)18-26(45)38-23-8-7-21(17-22(23)34)33(35,36)37/h6-9,16-17H,5,10-15,18H2,1-4H3,(H,38,45). The molecule has 0 radical (unpaired) electrons. The Bertz CT molecular complexity index is 2000. The molecule has 2 aromatic heterocycles. The molecule has 260 valence electrons. The third kappa shape index (κ3) is 7.02. The number of nitrogens with zero attached hydrogens (tertiary/aromatic N) is 6. The predicted molar refractivity (Wildman–Crippen MR) is 176 cm³/mol. The number of halogens is 4. The summed E-state index contributed by atoms with van der Waals surface area (Å²) in [6.07, 6.45) is -4.01. The van der Waals surface area contributed by atoms with Gasteiger partial charge in [-0.2, -0.15) is 22.7 Å². The van der Waals surface area contributed by atoms with Crippen LogP contribution in [0.2, 0.25) is 5.02 Å². The molecule has 12 nitrogen and oxygen atoms in total. The number of nitrogens with one attached hydrogen (secondary N) is 1. The number of aromatic nitrogens is 4. The fraction of sp³-hybridized carbons (Fsp3) is 0.424. The first-order valence-corrected chi connectivity index (χ1v) is 16.2. The molecular formula is C33H35ClF3N7O5. The minimum Gasteiger partial charge on any atom is -0.493 e. The molecule has 6 rings (SSSR count). The number of hydrogen-bond donors (Lipinski definition) is 1. The van der Waals surface area contributed by atoms with Gasteiger partial charge in [-0.05, 0) is 69.2 Å². The first-order valence-electron chi connectivity index (χ1n) is 15.8. The van der Waals surface area contributed by atoms with Crippen molar-refractivity contribution in [1.82, 2.24) is 24.1 Å². The summed E-state index contributed by atoms with van der Waals surface area (Å²) < 4.78 is 53.5. The third-order valence-electron chi connectivity index (χ3n) is 8.23. The molecular weight excluding hydrogens is 667 g/mol. The molecule has 4 aromatic rings. The van der Waals surface area contributed by atoms with Crippen LogP contribution < -0.4 is 20.5 Å². The summed E-state index contributed by atoms with van der Waals surface area (Å²) in [4.78, 5) is 48.6. The van der Waals surface area contributed by atoms with E-state index in [2.05, 4.69) is 10.4 Å². The van der Waals surface area contributed by atoms with Crippen LogP contribution in [0.4, 0.5) is 29.3 Å². The van der Waals surface area contributed by atoms with Gasteiger partial charge in [0.05, 0.1) is 28.6 Å². The van der Waals surface area contributed by atoms with Crippen molar-refractivity contribution in [2.75, 3.05) is 43.0 Å². The number of benzene rings is 2. The van der Waals surface area contributed by atoms with Gasteiger partial charge in [-0.15, -0.1) is 5.10 Å². The van der Waals surface area contributed by atoms with Crippen LogP contribution in [0.15, 0.2) is 41.2 Å². The number of rotatable bonds is 6. The van der Waals surface area contributed by atoms with Gasteiger partial charge >= 0.3 is 12.3 Å². The lowest BCUT2D eigenvalue weighted by molar-refractivity contribution is -0.137. The Labute approximate surface area is 284 Å².